The fourth-order valence-electron chi connectivity index (χ4n) is 1.71. The molecule has 0 aliphatic rings. The molecular weight excluding hydrogens is 340 g/mol. The number of ether oxygens (including phenoxy) is 2. The van der Waals surface area contributed by atoms with Crippen LogP contribution in [0.15, 0.2) is 36.4 Å². The van der Waals surface area contributed by atoms with Crippen LogP contribution in [-0.4, -0.2) is 23.4 Å². The van der Waals surface area contributed by atoms with Crippen LogP contribution < -0.4 is 10.5 Å². The van der Waals surface area contributed by atoms with Crippen molar-refractivity contribution in [1.82, 2.24) is 0 Å². The predicted molar refractivity (Wildman–Crippen MR) is 99.4 cm³/mol. The van der Waals surface area contributed by atoms with Crippen molar-refractivity contribution in [2.75, 3.05) is 12.8 Å². The monoisotopic (exact) mass is 367 g/mol. The van der Waals surface area contributed by atoms with E-state index in [0.717, 1.165) is 17.7 Å². The summed E-state index contributed by atoms with van der Waals surface area (Å²) in [4.78, 5) is 0. The fourth-order valence-corrected chi connectivity index (χ4v) is 1.71. The van der Waals surface area contributed by atoms with Gasteiger partial charge in [-0.05, 0) is 70.5 Å². The Bertz CT molecular complexity index is 691. The second kappa shape index (κ2) is 8.47. The number of nitrogen functional groups attached to an aromatic ring is 1. The van der Waals surface area contributed by atoms with E-state index in [1.165, 1.54) is 6.07 Å². The second-order valence-corrected chi connectivity index (χ2v) is 6.98. The van der Waals surface area contributed by atoms with Crippen LogP contribution in [-0.2, 0) is 4.74 Å². The SMILES string of the molecule is COC(C)(C)C(C)(C)O.Cc1cc(N)ccc1Oc1ccc(F)cc1F. The van der Waals surface area contributed by atoms with E-state index in [1.807, 2.05) is 13.8 Å². The van der Waals surface area contributed by atoms with Crippen molar-refractivity contribution in [3.63, 3.8) is 0 Å². The van der Waals surface area contributed by atoms with Gasteiger partial charge in [-0.25, -0.2) is 8.78 Å². The topological polar surface area (TPSA) is 64.7 Å². The average molecular weight is 367 g/mol. The zero-order valence-electron chi connectivity index (χ0n) is 16.1. The lowest BCUT2D eigenvalue weighted by molar-refractivity contribution is -0.129. The quantitative estimate of drug-likeness (QED) is 0.760. The van der Waals surface area contributed by atoms with Crippen LogP contribution in [0.3, 0.4) is 0 Å². The summed E-state index contributed by atoms with van der Waals surface area (Å²) in [5.41, 5.74) is 5.74. The summed E-state index contributed by atoms with van der Waals surface area (Å²) >= 11 is 0. The zero-order chi connectivity index (χ0) is 20.1. The number of aryl methyl sites for hydroxylation is 1. The second-order valence-electron chi connectivity index (χ2n) is 6.98. The number of nitrogens with two attached hydrogens (primary N) is 1. The molecule has 0 aliphatic heterocycles. The van der Waals surface area contributed by atoms with Crippen LogP contribution in [0, 0.1) is 18.6 Å². The van der Waals surface area contributed by atoms with Gasteiger partial charge in [-0.1, -0.05) is 0 Å². The number of anilines is 1. The number of benzene rings is 2. The first-order chi connectivity index (χ1) is 11.9. The molecule has 0 aromatic heterocycles. The first-order valence-corrected chi connectivity index (χ1v) is 8.14. The molecule has 0 atom stereocenters. The molecule has 0 radical (unpaired) electrons. The van der Waals surface area contributed by atoms with Crippen molar-refractivity contribution in [2.45, 2.75) is 45.8 Å². The summed E-state index contributed by atoms with van der Waals surface area (Å²) < 4.78 is 36.5. The van der Waals surface area contributed by atoms with Gasteiger partial charge in [0.2, 0.25) is 0 Å². The lowest BCUT2D eigenvalue weighted by atomic mass is 9.90. The number of hydrogen-bond acceptors (Lipinski definition) is 4. The average Bonchev–Trinajstić information content (AvgIpc) is 2.52. The molecule has 2 rings (SSSR count). The molecule has 0 amide bonds. The Kier molecular flexibility index (Phi) is 7.12. The largest absolute Gasteiger partial charge is 0.454 e. The minimum Gasteiger partial charge on any atom is -0.454 e. The molecule has 26 heavy (non-hydrogen) atoms. The van der Waals surface area contributed by atoms with Crippen molar-refractivity contribution in [3.8, 4) is 11.5 Å². The van der Waals surface area contributed by atoms with Crippen LogP contribution in [0.5, 0.6) is 11.5 Å². The normalized spacial score (nSPS) is 11.6. The van der Waals surface area contributed by atoms with E-state index in [9.17, 15) is 13.9 Å². The highest BCUT2D eigenvalue weighted by Gasteiger charge is 2.34. The Morgan fingerprint density at radius 2 is 1.54 bits per heavy atom. The smallest absolute Gasteiger partial charge is 0.168 e. The number of rotatable bonds is 4. The molecule has 4 nitrogen and oxygen atoms in total. The molecule has 0 saturated carbocycles. The van der Waals surface area contributed by atoms with Gasteiger partial charge in [0.05, 0.1) is 11.2 Å². The summed E-state index contributed by atoms with van der Waals surface area (Å²) in [6.45, 7) is 8.97. The van der Waals surface area contributed by atoms with E-state index in [1.54, 1.807) is 46.1 Å². The van der Waals surface area contributed by atoms with Crippen molar-refractivity contribution in [1.29, 1.82) is 0 Å². The molecule has 0 spiro atoms. The molecule has 0 fully saturated rings. The van der Waals surface area contributed by atoms with Gasteiger partial charge in [0, 0.05) is 18.9 Å². The van der Waals surface area contributed by atoms with E-state index in [2.05, 4.69) is 0 Å². The third-order valence-corrected chi connectivity index (χ3v) is 4.30. The van der Waals surface area contributed by atoms with Gasteiger partial charge in [0.1, 0.15) is 11.6 Å². The summed E-state index contributed by atoms with van der Waals surface area (Å²) in [5, 5.41) is 9.42. The van der Waals surface area contributed by atoms with Crippen LogP contribution in [0.2, 0.25) is 0 Å². The molecule has 2 aromatic rings. The maximum absolute atomic E-state index is 13.4. The molecule has 6 heteroatoms. The molecule has 144 valence electrons. The van der Waals surface area contributed by atoms with Crippen LogP contribution >= 0.6 is 0 Å². The molecule has 0 unspecified atom stereocenters. The number of aliphatic hydroxyl groups is 1. The maximum Gasteiger partial charge on any atom is 0.168 e. The van der Waals surface area contributed by atoms with Crippen LogP contribution in [0.1, 0.15) is 33.3 Å². The third kappa shape index (κ3) is 5.97. The van der Waals surface area contributed by atoms with Crippen molar-refractivity contribution in [2.24, 2.45) is 0 Å². The van der Waals surface area contributed by atoms with Gasteiger partial charge in [0.15, 0.2) is 11.6 Å². The van der Waals surface area contributed by atoms with Crippen LogP contribution in [0.4, 0.5) is 14.5 Å². The first kappa shape index (κ1) is 21.9. The van der Waals surface area contributed by atoms with E-state index < -0.39 is 22.8 Å². The number of hydrogen-bond donors (Lipinski definition) is 2. The van der Waals surface area contributed by atoms with Gasteiger partial charge < -0.3 is 20.3 Å². The summed E-state index contributed by atoms with van der Waals surface area (Å²) in [6, 6.07) is 8.20. The third-order valence-electron chi connectivity index (χ3n) is 4.30. The lowest BCUT2D eigenvalue weighted by Crippen LogP contribution is -2.46. The molecule has 0 heterocycles. The summed E-state index contributed by atoms with van der Waals surface area (Å²) in [7, 11) is 1.60. The number of methoxy groups -OCH3 is 1. The van der Waals surface area contributed by atoms with Crippen molar-refractivity contribution in [3.05, 3.63) is 53.6 Å². The first-order valence-electron chi connectivity index (χ1n) is 8.14. The number of halogens is 2. The van der Waals surface area contributed by atoms with Gasteiger partial charge in [-0.2, -0.15) is 0 Å². The Labute approximate surface area is 153 Å². The van der Waals surface area contributed by atoms with Gasteiger partial charge >= 0.3 is 0 Å². The molecule has 3 N–H and O–H groups in total. The minimum absolute atomic E-state index is 0.0146. The highest BCUT2D eigenvalue weighted by molar-refractivity contribution is 5.48. The fraction of sp³-hybridized carbons (Fsp3) is 0.400. The highest BCUT2D eigenvalue weighted by Crippen LogP contribution is 2.28. The summed E-state index contributed by atoms with van der Waals surface area (Å²) in [6.07, 6.45) is 0. The van der Waals surface area contributed by atoms with E-state index in [-0.39, 0.29) is 5.75 Å². The summed E-state index contributed by atoms with van der Waals surface area (Å²) in [5.74, 6) is -0.894. The van der Waals surface area contributed by atoms with Gasteiger partial charge in [0.25, 0.3) is 0 Å². The Hall–Kier alpha value is -2.18. The molecule has 2 aromatic carbocycles. The standard InChI is InChI=1S/C13H11F2NO.C7H16O2/c1-8-6-10(16)3-5-12(8)17-13-4-2-9(14)7-11(13)15;1-6(2,8)7(3,4)9-5/h2-7H,16H2,1H3;8H,1-5H3. The maximum atomic E-state index is 13.4. The Morgan fingerprint density at radius 1 is 0.962 bits per heavy atom. The van der Waals surface area contributed by atoms with Gasteiger partial charge in [-0.3, -0.25) is 0 Å². The Balaban J connectivity index is 0.000000321. The van der Waals surface area contributed by atoms with Crippen LogP contribution in [0.25, 0.3) is 0 Å². The van der Waals surface area contributed by atoms with Gasteiger partial charge in [-0.15, -0.1) is 0 Å². The molecule has 0 bridgehead atoms. The highest BCUT2D eigenvalue weighted by atomic mass is 19.1. The molecule has 0 saturated heterocycles. The Morgan fingerprint density at radius 3 is 1.96 bits per heavy atom. The minimum atomic E-state index is -0.776. The van der Waals surface area contributed by atoms with Crippen molar-refractivity contribution >= 4 is 5.69 Å². The van der Waals surface area contributed by atoms with E-state index in [0.29, 0.717) is 11.4 Å². The lowest BCUT2D eigenvalue weighted by Gasteiger charge is -2.35. The van der Waals surface area contributed by atoms with Crippen molar-refractivity contribution < 1.29 is 23.4 Å². The van der Waals surface area contributed by atoms with E-state index in [4.69, 9.17) is 15.2 Å². The molecular formula is C20H27F2NO3. The zero-order valence-corrected chi connectivity index (χ0v) is 16.1. The van der Waals surface area contributed by atoms with E-state index >= 15 is 0 Å². The predicted octanol–water partition coefficient (Wildman–Crippen LogP) is 4.83. The molecule has 0 aliphatic carbocycles.